The van der Waals surface area contributed by atoms with Crippen molar-refractivity contribution in [3.63, 3.8) is 0 Å². The summed E-state index contributed by atoms with van der Waals surface area (Å²) >= 11 is 0. The number of para-hydroxylation sites is 2. The molecule has 2 aromatic heterocycles. The summed E-state index contributed by atoms with van der Waals surface area (Å²) in [5, 5.41) is 0. The average Bonchev–Trinajstić information content (AvgIpc) is 2.69. The van der Waals surface area contributed by atoms with E-state index in [1.54, 1.807) is 6.20 Å². The zero-order valence-corrected chi connectivity index (χ0v) is 8.83. The zero-order valence-electron chi connectivity index (χ0n) is 8.83. The summed E-state index contributed by atoms with van der Waals surface area (Å²) < 4.78 is 2.04. The van der Waals surface area contributed by atoms with Crippen molar-refractivity contribution in [1.82, 2.24) is 19.5 Å². The van der Waals surface area contributed by atoms with Crippen molar-refractivity contribution >= 4 is 11.0 Å². The number of aryl methyl sites for hydroxylation is 1. The predicted molar refractivity (Wildman–Crippen MR) is 61.7 cm³/mol. The molecule has 78 valence electrons. The first kappa shape index (κ1) is 9.03. The molecule has 0 amide bonds. The summed E-state index contributed by atoms with van der Waals surface area (Å²) in [4.78, 5) is 12.7. The Labute approximate surface area is 92.6 Å². The first-order valence-electron chi connectivity index (χ1n) is 5.04. The Morgan fingerprint density at radius 3 is 2.75 bits per heavy atom. The molecule has 4 nitrogen and oxygen atoms in total. The first-order chi connectivity index (χ1) is 7.86. The number of fused-ring (bicyclic) bond motifs is 1. The fourth-order valence-electron chi connectivity index (χ4n) is 1.80. The number of rotatable bonds is 1. The molecular formula is C12H10N4. The molecule has 3 rings (SSSR count). The smallest absolute Gasteiger partial charge is 0.159 e. The summed E-state index contributed by atoms with van der Waals surface area (Å²) in [6.45, 7) is 0. The van der Waals surface area contributed by atoms with E-state index in [9.17, 15) is 0 Å². The van der Waals surface area contributed by atoms with Crippen molar-refractivity contribution in [2.75, 3.05) is 0 Å². The van der Waals surface area contributed by atoms with E-state index in [2.05, 4.69) is 15.0 Å². The molecule has 3 aromatic rings. The highest BCUT2D eigenvalue weighted by Crippen LogP contribution is 2.20. The Kier molecular flexibility index (Phi) is 1.93. The number of imidazole rings is 1. The van der Waals surface area contributed by atoms with Crippen LogP contribution < -0.4 is 0 Å². The molecule has 0 spiro atoms. The average molecular weight is 210 g/mol. The molecule has 16 heavy (non-hydrogen) atoms. The first-order valence-corrected chi connectivity index (χ1v) is 5.04. The molecule has 0 unspecified atom stereocenters. The van der Waals surface area contributed by atoms with Crippen molar-refractivity contribution in [2.24, 2.45) is 7.05 Å². The lowest BCUT2D eigenvalue weighted by Crippen LogP contribution is -1.94. The third-order valence-electron chi connectivity index (χ3n) is 2.60. The van der Waals surface area contributed by atoms with Crippen molar-refractivity contribution < 1.29 is 0 Å². The summed E-state index contributed by atoms with van der Waals surface area (Å²) in [7, 11) is 1.99. The van der Waals surface area contributed by atoms with Crippen LogP contribution in [0.3, 0.4) is 0 Å². The second-order valence-electron chi connectivity index (χ2n) is 3.58. The molecule has 0 N–H and O–H groups in total. The fourth-order valence-corrected chi connectivity index (χ4v) is 1.80. The number of hydrogen-bond acceptors (Lipinski definition) is 3. The highest BCUT2D eigenvalue weighted by molar-refractivity contribution is 5.79. The second-order valence-corrected chi connectivity index (χ2v) is 3.58. The highest BCUT2D eigenvalue weighted by Gasteiger charge is 2.09. The monoisotopic (exact) mass is 210 g/mol. The van der Waals surface area contributed by atoms with Crippen molar-refractivity contribution in [3.8, 4) is 11.5 Å². The Hall–Kier alpha value is -2.23. The number of aromatic nitrogens is 4. The molecule has 0 bridgehead atoms. The Morgan fingerprint density at radius 2 is 2.00 bits per heavy atom. The molecule has 0 radical (unpaired) electrons. The standard InChI is InChI=1S/C12H10N4/c1-16-11-5-3-2-4-9(11)15-12(16)10-6-7-13-8-14-10/h2-8H,1H3. The van der Waals surface area contributed by atoms with Crippen LogP contribution in [0.15, 0.2) is 42.9 Å². The van der Waals surface area contributed by atoms with Crippen molar-refractivity contribution in [2.45, 2.75) is 0 Å². The maximum absolute atomic E-state index is 4.56. The fraction of sp³-hybridized carbons (Fsp3) is 0.0833. The SMILES string of the molecule is Cn1c(-c2ccncn2)nc2ccccc21. The molecule has 0 aliphatic carbocycles. The lowest BCUT2D eigenvalue weighted by atomic mass is 10.3. The van der Waals surface area contributed by atoms with Gasteiger partial charge in [0.2, 0.25) is 0 Å². The van der Waals surface area contributed by atoms with Gasteiger partial charge < -0.3 is 4.57 Å². The molecule has 4 heteroatoms. The van der Waals surface area contributed by atoms with Gasteiger partial charge in [0.1, 0.15) is 12.0 Å². The summed E-state index contributed by atoms with van der Waals surface area (Å²) in [6, 6.07) is 9.90. The van der Waals surface area contributed by atoms with Gasteiger partial charge in [-0.2, -0.15) is 0 Å². The van der Waals surface area contributed by atoms with Gasteiger partial charge in [-0.25, -0.2) is 15.0 Å². The Morgan fingerprint density at radius 1 is 1.12 bits per heavy atom. The summed E-state index contributed by atoms with van der Waals surface area (Å²) in [6.07, 6.45) is 3.26. The van der Waals surface area contributed by atoms with Crippen molar-refractivity contribution in [3.05, 3.63) is 42.9 Å². The summed E-state index contributed by atoms with van der Waals surface area (Å²) in [5.41, 5.74) is 2.93. The maximum Gasteiger partial charge on any atom is 0.159 e. The largest absolute Gasteiger partial charge is 0.326 e. The van der Waals surface area contributed by atoms with Gasteiger partial charge in [0.05, 0.1) is 11.0 Å². The van der Waals surface area contributed by atoms with Gasteiger partial charge in [0.25, 0.3) is 0 Å². The minimum absolute atomic E-state index is 0.841. The van der Waals surface area contributed by atoms with E-state index in [-0.39, 0.29) is 0 Å². The third kappa shape index (κ3) is 1.27. The van der Waals surface area contributed by atoms with Gasteiger partial charge in [-0.3, -0.25) is 0 Å². The van der Waals surface area contributed by atoms with Gasteiger partial charge in [0.15, 0.2) is 5.82 Å². The van der Waals surface area contributed by atoms with Crippen LogP contribution in [0.1, 0.15) is 0 Å². The normalized spacial score (nSPS) is 10.8. The van der Waals surface area contributed by atoms with Crippen LogP contribution in [-0.2, 0) is 7.05 Å². The van der Waals surface area contributed by atoms with Crippen LogP contribution in [0, 0.1) is 0 Å². The lowest BCUT2D eigenvalue weighted by Gasteiger charge is -2.00. The zero-order chi connectivity index (χ0) is 11.0. The van der Waals surface area contributed by atoms with Gasteiger partial charge >= 0.3 is 0 Å². The van der Waals surface area contributed by atoms with E-state index in [1.165, 1.54) is 6.33 Å². The van der Waals surface area contributed by atoms with Gasteiger partial charge in [-0.05, 0) is 18.2 Å². The van der Waals surface area contributed by atoms with Crippen LogP contribution in [0.5, 0.6) is 0 Å². The lowest BCUT2D eigenvalue weighted by molar-refractivity contribution is 0.946. The molecule has 0 saturated carbocycles. The molecular weight excluding hydrogens is 200 g/mol. The van der Waals surface area contributed by atoms with E-state index in [4.69, 9.17) is 0 Å². The quantitative estimate of drug-likeness (QED) is 0.617. The second kappa shape index (κ2) is 3.41. The number of benzene rings is 1. The molecule has 0 fully saturated rings. The van der Waals surface area contributed by atoms with Crippen LogP contribution in [0.2, 0.25) is 0 Å². The van der Waals surface area contributed by atoms with Gasteiger partial charge in [0, 0.05) is 13.2 Å². The molecule has 0 aliphatic heterocycles. The topological polar surface area (TPSA) is 43.6 Å². The van der Waals surface area contributed by atoms with Crippen molar-refractivity contribution in [1.29, 1.82) is 0 Å². The number of hydrogen-bond donors (Lipinski definition) is 0. The van der Waals surface area contributed by atoms with Crippen LogP contribution in [-0.4, -0.2) is 19.5 Å². The van der Waals surface area contributed by atoms with E-state index in [0.29, 0.717) is 0 Å². The Bertz CT molecular complexity index is 628. The molecule has 2 heterocycles. The minimum Gasteiger partial charge on any atom is -0.326 e. The number of nitrogens with zero attached hydrogens (tertiary/aromatic N) is 4. The summed E-state index contributed by atoms with van der Waals surface area (Å²) in [5.74, 6) is 0.864. The van der Waals surface area contributed by atoms with Gasteiger partial charge in [-0.15, -0.1) is 0 Å². The molecule has 1 aromatic carbocycles. The molecule has 0 saturated heterocycles. The molecule has 0 atom stereocenters. The van der Waals surface area contributed by atoms with Crippen LogP contribution >= 0.6 is 0 Å². The van der Waals surface area contributed by atoms with E-state index < -0.39 is 0 Å². The minimum atomic E-state index is 0.841. The van der Waals surface area contributed by atoms with E-state index in [1.807, 2.05) is 41.9 Å². The molecule has 0 aliphatic rings. The highest BCUT2D eigenvalue weighted by atomic mass is 15.1. The van der Waals surface area contributed by atoms with Gasteiger partial charge in [-0.1, -0.05) is 12.1 Å². The third-order valence-corrected chi connectivity index (χ3v) is 2.60. The Balaban J connectivity index is 2.29. The van der Waals surface area contributed by atoms with Crippen LogP contribution in [0.4, 0.5) is 0 Å². The van der Waals surface area contributed by atoms with E-state index in [0.717, 1.165) is 22.6 Å². The van der Waals surface area contributed by atoms with Crippen LogP contribution in [0.25, 0.3) is 22.6 Å². The predicted octanol–water partition coefficient (Wildman–Crippen LogP) is 2.03. The van der Waals surface area contributed by atoms with E-state index >= 15 is 0 Å². The maximum atomic E-state index is 4.56.